The van der Waals surface area contributed by atoms with Crippen LogP contribution >= 0.6 is 0 Å². The third-order valence-electron chi connectivity index (χ3n) is 5.64. The zero-order valence-electron chi connectivity index (χ0n) is 19.2. The Kier molecular flexibility index (Phi) is 6.27. The van der Waals surface area contributed by atoms with Crippen LogP contribution < -0.4 is 16.2 Å². The molecule has 0 aromatic heterocycles. The Hall–Kier alpha value is -5.17. The van der Waals surface area contributed by atoms with E-state index in [4.69, 9.17) is 5.73 Å². The summed E-state index contributed by atoms with van der Waals surface area (Å²) >= 11 is 0. The van der Waals surface area contributed by atoms with Gasteiger partial charge in [-0.25, -0.2) is 0 Å². The maximum atomic E-state index is 13.5. The summed E-state index contributed by atoms with van der Waals surface area (Å²) in [4.78, 5) is 13.5. The van der Waals surface area contributed by atoms with Gasteiger partial charge in [0.05, 0.1) is 22.6 Å². The molecule has 0 atom stereocenters. The lowest BCUT2D eigenvalue weighted by molar-refractivity contribution is 0.0951. The molecule has 0 unspecified atom stereocenters. The van der Waals surface area contributed by atoms with E-state index in [9.17, 15) is 9.90 Å². The van der Waals surface area contributed by atoms with Crippen LogP contribution in [0.1, 0.15) is 10.4 Å². The van der Waals surface area contributed by atoms with E-state index in [1.807, 2.05) is 84.9 Å². The van der Waals surface area contributed by atoms with Crippen molar-refractivity contribution in [2.45, 2.75) is 0 Å². The lowest BCUT2D eigenvalue weighted by atomic mass is 10.0. The van der Waals surface area contributed by atoms with Crippen molar-refractivity contribution >= 4 is 45.1 Å². The number of phenols is 1. The molecular formula is C29H23N5O2. The number of carbonyl (C=O) groups is 1. The molecule has 0 heterocycles. The van der Waals surface area contributed by atoms with Crippen molar-refractivity contribution in [2.75, 3.05) is 10.7 Å². The summed E-state index contributed by atoms with van der Waals surface area (Å²) in [7, 11) is 0. The molecule has 7 nitrogen and oxygen atoms in total. The number of hydrogen-bond acceptors (Lipinski definition) is 6. The van der Waals surface area contributed by atoms with Crippen LogP contribution in [0, 0.1) is 0 Å². The van der Waals surface area contributed by atoms with Gasteiger partial charge < -0.3 is 10.8 Å². The smallest absolute Gasteiger partial charge is 0.273 e. The van der Waals surface area contributed by atoms with E-state index < -0.39 is 5.91 Å². The molecule has 1 amide bonds. The molecule has 0 fully saturated rings. The van der Waals surface area contributed by atoms with Crippen LogP contribution in [0.4, 0.5) is 28.4 Å². The Morgan fingerprint density at radius 2 is 1.33 bits per heavy atom. The van der Waals surface area contributed by atoms with E-state index in [0.717, 1.165) is 16.8 Å². The van der Waals surface area contributed by atoms with Crippen LogP contribution in [0.15, 0.2) is 125 Å². The number of nitrogens with two attached hydrogens (primary N) is 1. The average molecular weight is 474 g/mol. The molecule has 0 aliphatic heterocycles. The third kappa shape index (κ3) is 4.71. The number of amides is 1. The van der Waals surface area contributed by atoms with E-state index >= 15 is 0 Å². The van der Waals surface area contributed by atoms with Crippen molar-refractivity contribution in [1.82, 2.24) is 5.43 Å². The Bertz CT molecular complexity index is 1500. The summed E-state index contributed by atoms with van der Waals surface area (Å²) < 4.78 is 0. The topological polar surface area (TPSA) is 103 Å². The lowest BCUT2D eigenvalue weighted by Gasteiger charge is -2.25. The number of aromatic hydroxyl groups is 1. The summed E-state index contributed by atoms with van der Waals surface area (Å²) in [5, 5.41) is 22.8. The summed E-state index contributed by atoms with van der Waals surface area (Å²) in [6.45, 7) is 0. The van der Waals surface area contributed by atoms with Crippen LogP contribution in [-0.4, -0.2) is 11.0 Å². The number of nitrogen functional groups attached to an aromatic ring is 1. The van der Waals surface area contributed by atoms with Crippen molar-refractivity contribution in [2.24, 2.45) is 10.2 Å². The minimum atomic E-state index is -0.491. The number of hydrazine groups is 1. The molecule has 0 saturated heterocycles. The van der Waals surface area contributed by atoms with Crippen molar-refractivity contribution < 1.29 is 9.90 Å². The monoisotopic (exact) mass is 473 g/mol. The average Bonchev–Trinajstić information content (AvgIpc) is 2.92. The van der Waals surface area contributed by atoms with E-state index in [-0.39, 0.29) is 17.0 Å². The molecule has 5 aromatic carbocycles. The Labute approximate surface area is 208 Å². The first-order valence-electron chi connectivity index (χ1n) is 11.3. The second kappa shape index (κ2) is 9.99. The first-order valence-corrected chi connectivity index (χ1v) is 11.3. The number of azo groups is 1. The number of phenolic OH excluding ortho intramolecular Hbond substituents is 1. The normalized spacial score (nSPS) is 11.0. The molecule has 0 radical (unpaired) electrons. The molecule has 5 rings (SSSR count). The molecule has 0 aliphatic rings. The van der Waals surface area contributed by atoms with Gasteiger partial charge in [-0.15, -0.1) is 5.11 Å². The SMILES string of the molecule is Nc1ccc(N=Nc2c(O)c(C(=O)NN(c3ccccc3)c3ccccc3)cc3ccccc23)cc1. The second-order valence-electron chi connectivity index (χ2n) is 8.08. The maximum Gasteiger partial charge on any atom is 0.273 e. The molecule has 5 aromatic rings. The zero-order valence-corrected chi connectivity index (χ0v) is 19.2. The van der Waals surface area contributed by atoms with Gasteiger partial charge in [-0.2, -0.15) is 5.11 Å². The van der Waals surface area contributed by atoms with Gasteiger partial charge in [0, 0.05) is 11.1 Å². The number of hydrogen-bond donors (Lipinski definition) is 3. The highest BCUT2D eigenvalue weighted by Gasteiger charge is 2.21. The first-order chi connectivity index (χ1) is 17.6. The fourth-order valence-electron chi connectivity index (χ4n) is 3.83. The molecular weight excluding hydrogens is 450 g/mol. The van der Waals surface area contributed by atoms with Crippen molar-refractivity contribution in [1.29, 1.82) is 0 Å². The van der Waals surface area contributed by atoms with Crippen LogP contribution in [0.25, 0.3) is 10.8 Å². The predicted octanol–water partition coefficient (Wildman–Crippen LogP) is 7.03. The van der Waals surface area contributed by atoms with E-state index in [1.54, 1.807) is 35.3 Å². The van der Waals surface area contributed by atoms with Gasteiger partial charge in [0.2, 0.25) is 0 Å². The molecule has 0 saturated carbocycles. The van der Waals surface area contributed by atoms with Crippen molar-refractivity contribution in [3.63, 3.8) is 0 Å². The van der Waals surface area contributed by atoms with Gasteiger partial charge in [-0.05, 0) is 60.0 Å². The number of para-hydroxylation sites is 2. The maximum absolute atomic E-state index is 13.5. The van der Waals surface area contributed by atoms with E-state index in [0.29, 0.717) is 16.8 Å². The van der Waals surface area contributed by atoms with E-state index in [1.165, 1.54) is 0 Å². The Balaban J connectivity index is 1.55. The number of rotatable bonds is 6. The van der Waals surface area contributed by atoms with Crippen LogP contribution in [0.3, 0.4) is 0 Å². The van der Waals surface area contributed by atoms with Crippen LogP contribution in [0.2, 0.25) is 0 Å². The minimum absolute atomic E-state index is 0.0804. The summed E-state index contributed by atoms with van der Waals surface area (Å²) in [5.41, 5.74) is 11.7. The van der Waals surface area contributed by atoms with Crippen molar-refractivity contribution in [3.8, 4) is 5.75 Å². The highest BCUT2D eigenvalue weighted by Crippen LogP contribution is 2.39. The Morgan fingerprint density at radius 3 is 1.97 bits per heavy atom. The summed E-state index contributed by atoms with van der Waals surface area (Å²) in [5.74, 6) is -0.749. The summed E-state index contributed by atoms with van der Waals surface area (Å²) in [6, 6.07) is 34.9. The van der Waals surface area contributed by atoms with Crippen molar-refractivity contribution in [3.05, 3.63) is 121 Å². The third-order valence-corrected chi connectivity index (χ3v) is 5.64. The molecule has 4 N–H and O–H groups in total. The molecule has 0 aliphatic carbocycles. The van der Waals surface area contributed by atoms with Gasteiger partial charge in [-0.1, -0.05) is 60.7 Å². The van der Waals surface area contributed by atoms with Crippen LogP contribution in [-0.2, 0) is 0 Å². The number of nitrogens with zero attached hydrogens (tertiary/aromatic N) is 3. The minimum Gasteiger partial charge on any atom is -0.505 e. The fourth-order valence-corrected chi connectivity index (χ4v) is 3.83. The first kappa shape index (κ1) is 22.6. The van der Waals surface area contributed by atoms with Gasteiger partial charge in [0.1, 0.15) is 5.69 Å². The number of fused-ring (bicyclic) bond motifs is 1. The standard InChI is InChI=1S/C29H23N5O2/c30-21-15-17-22(18-16-21)31-32-27-25-14-8-7-9-20(25)19-26(28(27)35)29(36)33-34(23-10-3-1-4-11-23)24-12-5-2-6-13-24/h1-19,35H,30H2,(H,33,36). The molecule has 7 heteroatoms. The van der Waals surface area contributed by atoms with Gasteiger partial charge in [-0.3, -0.25) is 15.2 Å². The number of nitrogens with one attached hydrogen (secondary N) is 1. The quantitative estimate of drug-likeness (QED) is 0.140. The van der Waals surface area contributed by atoms with Gasteiger partial charge >= 0.3 is 0 Å². The predicted molar refractivity (Wildman–Crippen MR) is 143 cm³/mol. The lowest BCUT2D eigenvalue weighted by Crippen LogP contribution is -2.39. The Morgan fingerprint density at radius 1 is 0.750 bits per heavy atom. The zero-order chi connectivity index (χ0) is 24.9. The van der Waals surface area contributed by atoms with E-state index in [2.05, 4.69) is 15.7 Å². The molecule has 176 valence electrons. The van der Waals surface area contributed by atoms with Gasteiger partial charge in [0.25, 0.3) is 5.91 Å². The molecule has 0 spiro atoms. The number of anilines is 3. The highest BCUT2D eigenvalue weighted by atomic mass is 16.3. The number of carbonyl (C=O) groups excluding carboxylic acids is 1. The van der Waals surface area contributed by atoms with Gasteiger partial charge in [0.15, 0.2) is 5.75 Å². The largest absolute Gasteiger partial charge is 0.505 e. The highest BCUT2D eigenvalue weighted by molar-refractivity contribution is 6.07. The molecule has 36 heavy (non-hydrogen) atoms. The summed E-state index contributed by atoms with van der Waals surface area (Å²) in [6.07, 6.45) is 0. The van der Waals surface area contributed by atoms with Crippen LogP contribution in [0.5, 0.6) is 5.75 Å². The second-order valence-corrected chi connectivity index (χ2v) is 8.08. The fraction of sp³-hybridized carbons (Fsp3) is 0. The molecule has 0 bridgehead atoms. The number of benzene rings is 5.